The van der Waals surface area contributed by atoms with Gasteiger partial charge in [0.15, 0.2) is 0 Å². The zero-order valence-corrected chi connectivity index (χ0v) is 18.6. The van der Waals surface area contributed by atoms with Crippen LogP contribution < -0.4 is 11.1 Å². The van der Waals surface area contributed by atoms with E-state index in [0.717, 1.165) is 0 Å². The first-order valence-corrected chi connectivity index (χ1v) is 10.7. The largest absolute Gasteiger partial charge is 0.466 e. The van der Waals surface area contributed by atoms with Gasteiger partial charge >= 0.3 is 17.1 Å². The smallest absolute Gasteiger partial charge is 0.316 e. The van der Waals surface area contributed by atoms with Gasteiger partial charge < -0.3 is 24.1 Å². The van der Waals surface area contributed by atoms with Crippen LogP contribution in [0.3, 0.4) is 0 Å². The first-order valence-electron chi connectivity index (χ1n) is 10.7. The molecule has 2 aromatic rings. The maximum atomic E-state index is 12.9. The van der Waals surface area contributed by atoms with Crippen LogP contribution in [0.1, 0.15) is 37.0 Å². The summed E-state index contributed by atoms with van der Waals surface area (Å²) < 4.78 is 6.39. The van der Waals surface area contributed by atoms with Crippen LogP contribution in [-0.4, -0.2) is 70.4 Å². The Balaban J connectivity index is 1.67. The average Bonchev–Trinajstić information content (AvgIpc) is 2.79. The Hall–Kier alpha value is -3.43. The monoisotopic (exact) mass is 444 g/mol. The Bertz CT molecular complexity index is 1140. The maximum Gasteiger partial charge on any atom is 0.316 e. The number of H-pyrrole nitrogens is 1. The van der Waals surface area contributed by atoms with E-state index < -0.39 is 11.1 Å². The van der Waals surface area contributed by atoms with Crippen molar-refractivity contribution in [1.82, 2.24) is 19.4 Å². The summed E-state index contributed by atoms with van der Waals surface area (Å²) in [5, 5.41) is 0. The van der Waals surface area contributed by atoms with Crippen LogP contribution in [0.25, 0.3) is 11.0 Å². The number of likely N-dealkylation sites (N-methyl/N-ethyl adjacent to an activating group) is 1. The lowest BCUT2D eigenvalue weighted by atomic mass is 9.97. The molecule has 0 spiro atoms. The van der Waals surface area contributed by atoms with Crippen LogP contribution in [0.5, 0.6) is 0 Å². The molecule has 10 heteroatoms. The van der Waals surface area contributed by atoms with Crippen molar-refractivity contribution in [3.8, 4) is 0 Å². The molecule has 3 rings (SSSR count). The third-order valence-electron chi connectivity index (χ3n) is 5.72. The van der Waals surface area contributed by atoms with Crippen molar-refractivity contribution in [1.29, 1.82) is 0 Å². The van der Waals surface area contributed by atoms with Crippen molar-refractivity contribution in [3.63, 3.8) is 0 Å². The Kier molecular flexibility index (Phi) is 7.12. The summed E-state index contributed by atoms with van der Waals surface area (Å²) in [6.07, 6.45) is 1.08. The number of hydrogen-bond acceptors (Lipinski definition) is 6. The number of hydrogen-bond donors (Lipinski definition) is 1. The van der Waals surface area contributed by atoms with Gasteiger partial charge in [-0.2, -0.15) is 0 Å². The number of benzene rings is 1. The predicted octanol–water partition coefficient (Wildman–Crippen LogP) is 0.583. The summed E-state index contributed by atoms with van der Waals surface area (Å²) in [5.41, 5.74) is -0.196. The molecular formula is C22H28N4O6. The molecule has 2 amide bonds. The highest BCUT2D eigenvalue weighted by Crippen LogP contribution is 2.19. The molecule has 0 atom stereocenters. The molecule has 1 aliphatic rings. The van der Waals surface area contributed by atoms with Crippen molar-refractivity contribution in [2.75, 3.05) is 33.3 Å². The summed E-state index contributed by atoms with van der Waals surface area (Å²) in [6, 6.07) is 4.69. The van der Waals surface area contributed by atoms with Crippen LogP contribution in [0.4, 0.5) is 0 Å². The normalized spacial score (nSPS) is 14.4. The minimum absolute atomic E-state index is 0.105. The second kappa shape index (κ2) is 9.80. The van der Waals surface area contributed by atoms with E-state index in [9.17, 15) is 24.0 Å². The van der Waals surface area contributed by atoms with Gasteiger partial charge in [0.2, 0.25) is 5.91 Å². The Morgan fingerprint density at radius 3 is 2.47 bits per heavy atom. The minimum Gasteiger partial charge on any atom is -0.466 e. The van der Waals surface area contributed by atoms with Gasteiger partial charge in [0.1, 0.15) is 0 Å². The van der Waals surface area contributed by atoms with Crippen LogP contribution in [0, 0.1) is 5.92 Å². The Morgan fingerprint density at radius 2 is 1.84 bits per heavy atom. The van der Waals surface area contributed by atoms with Crippen molar-refractivity contribution in [3.05, 3.63) is 44.5 Å². The van der Waals surface area contributed by atoms with Gasteiger partial charge in [0, 0.05) is 32.2 Å². The number of nitrogens with one attached hydrogen (secondary N) is 1. The quantitative estimate of drug-likeness (QED) is 0.514. The van der Waals surface area contributed by atoms with Gasteiger partial charge in [-0.15, -0.1) is 0 Å². The number of aryl methyl sites for hydroxylation is 1. The Labute approximate surface area is 184 Å². The second-order valence-electron chi connectivity index (χ2n) is 7.80. The number of aromatic amines is 1. The number of amides is 2. The average molecular weight is 444 g/mol. The fraction of sp³-hybridized carbons (Fsp3) is 0.500. The number of fused-ring (bicyclic) bond motifs is 1. The number of rotatable bonds is 6. The van der Waals surface area contributed by atoms with Gasteiger partial charge in [0.25, 0.3) is 5.91 Å². The molecule has 1 aromatic carbocycles. The first-order chi connectivity index (χ1) is 15.3. The van der Waals surface area contributed by atoms with E-state index in [1.807, 2.05) is 0 Å². The van der Waals surface area contributed by atoms with Gasteiger partial charge in [-0.3, -0.25) is 24.0 Å². The van der Waals surface area contributed by atoms with Gasteiger partial charge in [-0.1, -0.05) is 0 Å². The number of ether oxygens (including phenoxy) is 1. The molecule has 0 bridgehead atoms. The van der Waals surface area contributed by atoms with Crippen molar-refractivity contribution in [2.24, 2.45) is 5.92 Å². The van der Waals surface area contributed by atoms with E-state index in [4.69, 9.17) is 4.74 Å². The fourth-order valence-corrected chi connectivity index (χ4v) is 3.95. The molecule has 172 valence electrons. The van der Waals surface area contributed by atoms with E-state index in [2.05, 4.69) is 4.98 Å². The number of piperidine rings is 1. The molecule has 0 saturated carbocycles. The summed E-state index contributed by atoms with van der Waals surface area (Å²) in [5.74, 6) is -0.998. The molecule has 1 aromatic heterocycles. The highest BCUT2D eigenvalue weighted by atomic mass is 16.5. The van der Waals surface area contributed by atoms with E-state index >= 15 is 0 Å². The lowest BCUT2D eigenvalue weighted by Gasteiger charge is -2.32. The number of carbonyl (C=O) groups is 3. The van der Waals surface area contributed by atoms with E-state index in [1.54, 1.807) is 30.9 Å². The number of esters is 1. The lowest BCUT2D eigenvalue weighted by molar-refractivity contribution is -0.151. The number of carbonyl (C=O) groups excluding carboxylic acids is 3. The molecule has 32 heavy (non-hydrogen) atoms. The fourth-order valence-electron chi connectivity index (χ4n) is 3.95. The van der Waals surface area contributed by atoms with Crippen molar-refractivity contribution < 1.29 is 19.1 Å². The maximum absolute atomic E-state index is 12.9. The molecule has 1 N–H and O–H groups in total. The van der Waals surface area contributed by atoms with Crippen molar-refractivity contribution in [2.45, 2.75) is 33.2 Å². The third-order valence-corrected chi connectivity index (χ3v) is 5.72. The summed E-state index contributed by atoms with van der Waals surface area (Å²) in [7, 11) is 1.53. The molecular weight excluding hydrogens is 416 g/mol. The van der Waals surface area contributed by atoms with Crippen LogP contribution in [0.2, 0.25) is 0 Å². The molecule has 1 saturated heterocycles. The molecule has 1 fully saturated rings. The molecule has 0 aliphatic carbocycles. The topological polar surface area (TPSA) is 122 Å². The molecule has 0 unspecified atom stereocenters. The summed E-state index contributed by atoms with van der Waals surface area (Å²) in [6.45, 7) is 4.96. The lowest BCUT2D eigenvalue weighted by Crippen LogP contribution is -2.45. The SMILES string of the molecule is CCOC(=O)C1CCN(C(=O)CN(C)C(=O)c2ccc3c(c2)[nH]c(=O)c(=O)n3CC)CC1. The minimum atomic E-state index is -0.751. The predicted molar refractivity (Wildman–Crippen MR) is 117 cm³/mol. The summed E-state index contributed by atoms with van der Waals surface area (Å²) >= 11 is 0. The van der Waals surface area contributed by atoms with Crippen LogP contribution in [-0.2, 0) is 20.9 Å². The van der Waals surface area contributed by atoms with Crippen molar-refractivity contribution >= 4 is 28.8 Å². The van der Waals surface area contributed by atoms with Crippen LogP contribution >= 0.6 is 0 Å². The van der Waals surface area contributed by atoms with E-state index in [1.165, 1.54) is 22.6 Å². The summed E-state index contributed by atoms with van der Waals surface area (Å²) in [4.78, 5) is 66.7. The zero-order chi connectivity index (χ0) is 23.4. The zero-order valence-electron chi connectivity index (χ0n) is 18.6. The van der Waals surface area contributed by atoms with Gasteiger partial charge in [-0.05, 0) is 44.9 Å². The number of nitrogens with zero attached hydrogens (tertiary/aromatic N) is 3. The molecule has 1 aliphatic heterocycles. The van der Waals surface area contributed by atoms with E-state index in [0.29, 0.717) is 55.7 Å². The first kappa shape index (κ1) is 23.2. The molecule has 0 radical (unpaired) electrons. The van der Waals surface area contributed by atoms with E-state index in [-0.39, 0.29) is 30.2 Å². The highest BCUT2D eigenvalue weighted by Gasteiger charge is 2.29. The van der Waals surface area contributed by atoms with Crippen LogP contribution in [0.15, 0.2) is 27.8 Å². The molecule has 2 heterocycles. The van der Waals surface area contributed by atoms with Gasteiger partial charge in [-0.25, -0.2) is 0 Å². The second-order valence-corrected chi connectivity index (χ2v) is 7.80. The standard InChI is InChI=1S/C22H28N4O6/c1-4-26-17-7-6-15(12-16(17)23-19(28)21(26)30)20(29)24(3)13-18(27)25-10-8-14(9-11-25)22(31)32-5-2/h6-7,12,14H,4-5,8-11,13H2,1-3H3,(H,23,28). The number of likely N-dealkylation sites (tertiary alicyclic amines) is 1. The highest BCUT2D eigenvalue weighted by molar-refractivity contribution is 5.98. The third kappa shape index (κ3) is 4.74. The van der Waals surface area contributed by atoms with Gasteiger partial charge in [0.05, 0.1) is 30.1 Å². The molecule has 10 nitrogen and oxygen atoms in total. The number of aromatic nitrogens is 2. The Morgan fingerprint density at radius 1 is 1.16 bits per heavy atom.